The van der Waals surface area contributed by atoms with Crippen molar-refractivity contribution in [3.63, 3.8) is 0 Å². The van der Waals surface area contributed by atoms with Gasteiger partial charge in [0, 0.05) is 24.5 Å². The monoisotopic (exact) mass is 468 g/mol. The summed E-state index contributed by atoms with van der Waals surface area (Å²) in [5, 5.41) is 3.55. The SMILES string of the molecule is C[C@H]1C[C@H](n2ccnc2-c2ccccc2OCCCCN2CCCCC2)CCN1.Cl.Cl. The minimum Gasteiger partial charge on any atom is -0.493 e. The third-order valence-electron chi connectivity index (χ3n) is 6.36. The molecule has 31 heavy (non-hydrogen) atoms. The van der Waals surface area contributed by atoms with Crippen molar-refractivity contribution in [3.05, 3.63) is 36.7 Å². The van der Waals surface area contributed by atoms with Crippen LogP contribution in [-0.4, -0.2) is 53.3 Å². The predicted octanol–water partition coefficient (Wildman–Crippen LogP) is 5.35. The van der Waals surface area contributed by atoms with Gasteiger partial charge in [0.2, 0.25) is 0 Å². The number of unbranched alkanes of at least 4 members (excludes halogenated alkanes) is 1. The highest BCUT2D eigenvalue weighted by molar-refractivity contribution is 5.85. The number of hydrogen-bond donors (Lipinski definition) is 1. The molecule has 2 saturated heterocycles. The first-order valence-corrected chi connectivity index (χ1v) is 11.5. The number of hydrogen-bond acceptors (Lipinski definition) is 4. The molecule has 0 saturated carbocycles. The van der Waals surface area contributed by atoms with E-state index in [0.717, 1.165) is 49.6 Å². The van der Waals surface area contributed by atoms with Gasteiger partial charge in [-0.05, 0) is 83.8 Å². The molecule has 0 unspecified atom stereocenters. The van der Waals surface area contributed by atoms with Gasteiger partial charge in [0.15, 0.2) is 0 Å². The van der Waals surface area contributed by atoms with E-state index >= 15 is 0 Å². The van der Waals surface area contributed by atoms with Crippen molar-refractivity contribution in [2.45, 2.75) is 64.0 Å². The van der Waals surface area contributed by atoms with Crippen LogP contribution in [0.25, 0.3) is 11.4 Å². The van der Waals surface area contributed by atoms with Crippen molar-refractivity contribution in [1.82, 2.24) is 19.8 Å². The van der Waals surface area contributed by atoms with Crippen LogP contribution in [0.4, 0.5) is 0 Å². The molecule has 1 N–H and O–H groups in total. The standard InChI is InChI=1S/C24H36N4O.2ClH/c1-20-19-21(11-12-25-20)28-17-13-26-24(28)22-9-3-4-10-23(22)29-18-8-7-16-27-14-5-2-6-15-27;;/h3-4,9-10,13,17,20-21,25H,2,5-8,11-12,14-16,18-19H2,1H3;2*1H/t20-,21+;;/m0../s1. The number of benzene rings is 1. The van der Waals surface area contributed by atoms with Gasteiger partial charge in [-0.25, -0.2) is 4.98 Å². The number of ether oxygens (including phenoxy) is 1. The van der Waals surface area contributed by atoms with E-state index in [-0.39, 0.29) is 24.8 Å². The number of likely N-dealkylation sites (tertiary alicyclic amines) is 1. The maximum absolute atomic E-state index is 6.23. The summed E-state index contributed by atoms with van der Waals surface area (Å²) in [5.74, 6) is 1.99. The minimum absolute atomic E-state index is 0. The molecule has 174 valence electrons. The predicted molar refractivity (Wildman–Crippen MR) is 133 cm³/mol. The lowest BCUT2D eigenvalue weighted by Crippen LogP contribution is -2.36. The molecule has 3 heterocycles. The van der Waals surface area contributed by atoms with E-state index in [4.69, 9.17) is 9.72 Å². The maximum atomic E-state index is 6.23. The van der Waals surface area contributed by atoms with Crippen LogP contribution in [0.3, 0.4) is 0 Å². The fourth-order valence-electron chi connectivity index (χ4n) is 4.75. The van der Waals surface area contributed by atoms with Crippen LogP contribution < -0.4 is 10.1 Å². The van der Waals surface area contributed by atoms with Gasteiger partial charge in [-0.2, -0.15) is 0 Å². The second-order valence-electron chi connectivity index (χ2n) is 8.65. The quantitative estimate of drug-likeness (QED) is 0.529. The third kappa shape index (κ3) is 7.11. The summed E-state index contributed by atoms with van der Waals surface area (Å²) >= 11 is 0. The first-order valence-electron chi connectivity index (χ1n) is 11.5. The molecule has 2 aliphatic rings. The second-order valence-corrected chi connectivity index (χ2v) is 8.65. The Morgan fingerprint density at radius 1 is 1.10 bits per heavy atom. The summed E-state index contributed by atoms with van der Waals surface area (Å²) in [7, 11) is 0. The van der Waals surface area contributed by atoms with Gasteiger partial charge in [0.25, 0.3) is 0 Å². The Balaban J connectivity index is 0.00000171. The highest BCUT2D eigenvalue weighted by atomic mass is 35.5. The zero-order chi connectivity index (χ0) is 19.9. The fourth-order valence-corrected chi connectivity index (χ4v) is 4.75. The first kappa shape index (κ1) is 26.0. The molecular weight excluding hydrogens is 431 g/mol. The smallest absolute Gasteiger partial charge is 0.143 e. The minimum atomic E-state index is 0. The van der Waals surface area contributed by atoms with Crippen molar-refractivity contribution in [1.29, 1.82) is 0 Å². The summed E-state index contributed by atoms with van der Waals surface area (Å²) in [5.41, 5.74) is 1.11. The van der Waals surface area contributed by atoms with Crippen LogP contribution >= 0.6 is 24.8 Å². The molecule has 0 bridgehead atoms. The molecule has 2 aromatic rings. The Morgan fingerprint density at radius 3 is 2.71 bits per heavy atom. The topological polar surface area (TPSA) is 42.3 Å². The summed E-state index contributed by atoms with van der Waals surface area (Å²) in [6.45, 7) is 7.88. The van der Waals surface area contributed by atoms with Crippen LogP contribution in [0.2, 0.25) is 0 Å². The lowest BCUT2D eigenvalue weighted by molar-refractivity contribution is 0.216. The fraction of sp³-hybridized carbons (Fsp3) is 0.625. The van der Waals surface area contributed by atoms with Crippen molar-refractivity contribution in [3.8, 4) is 17.1 Å². The molecule has 0 amide bonds. The Morgan fingerprint density at radius 2 is 1.90 bits per heavy atom. The molecule has 2 atom stereocenters. The maximum Gasteiger partial charge on any atom is 0.143 e. The number of nitrogens with one attached hydrogen (secondary N) is 1. The van der Waals surface area contributed by atoms with Crippen LogP contribution in [0, 0.1) is 0 Å². The van der Waals surface area contributed by atoms with E-state index in [0.29, 0.717) is 12.1 Å². The summed E-state index contributed by atoms with van der Waals surface area (Å²) < 4.78 is 8.59. The van der Waals surface area contributed by atoms with E-state index in [9.17, 15) is 0 Å². The summed E-state index contributed by atoms with van der Waals surface area (Å²) in [4.78, 5) is 7.31. The molecule has 4 rings (SSSR count). The lowest BCUT2D eigenvalue weighted by Gasteiger charge is -2.30. The Kier molecular flexibility index (Phi) is 11.2. The van der Waals surface area contributed by atoms with Gasteiger partial charge >= 0.3 is 0 Å². The number of aromatic nitrogens is 2. The number of piperidine rings is 2. The number of para-hydroxylation sites is 1. The first-order chi connectivity index (χ1) is 14.3. The van der Waals surface area contributed by atoms with Crippen molar-refractivity contribution < 1.29 is 4.74 Å². The molecule has 0 aliphatic carbocycles. The number of rotatable bonds is 8. The van der Waals surface area contributed by atoms with Gasteiger partial charge in [-0.3, -0.25) is 0 Å². The number of imidazole rings is 1. The highest BCUT2D eigenvalue weighted by Gasteiger charge is 2.23. The van der Waals surface area contributed by atoms with Crippen LogP contribution in [0.15, 0.2) is 36.7 Å². The normalized spacial score (nSPS) is 21.7. The van der Waals surface area contributed by atoms with Crippen molar-refractivity contribution >= 4 is 24.8 Å². The van der Waals surface area contributed by atoms with E-state index in [1.54, 1.807) is 0 Å². The molecule has 0 radical (unpaired) electrons. The Bertz CT molecular complexity index is 764. The number of nitrogens with zero attached hydrogens (tertiary/aromatic N) is 3. The van der Waals surface area contributed by atoms with E-state index < -0.39 is 0 Å². The Labute approximate surface area is 199 Å². The molecular formula is C24H38Cl2N4O. The zero-order valence-electron chi connectivity index (χ0n) is 18.7. The van der Waals surface area contributed by atoms with Crippen LogP contribution in [-0.2, 0) is 0 Å². The van der Waals surface area contributed by atoms with E-state index in [1.165, 1.54) is 45.3 Å². The molecule has 2 aliphatic heterocycles. The van der Waals surface area contributed by atoms with Crippen molar-refractivity contribution in [2.24, 2.45) is 0 Å². The molecule has 1 aromatic heterocycles. The van der Waals surface area contributed by atoms with E-state index in [2.05, 4.69) is 52.2 Å². The Hall–Kier alpha value is -1.27. The van der Waals surface area contributed by atoms with Crippen LogP contribution in [0.5, 0.6) is 5.75 Å². The third-order valence-corrected chi connectivity index (χ3v) is 6.36. The van der Waals surface area contributed by atoms with Gasteiger partial charge in [0.05, 0.1) is 12.2 Å². The second kappa shape index (κ2) is 13.3. The summed E-state index contributed by atoms with van der Waals surface area (Å²) in [6.07, 6.45) is 12.8. The van der Waals surface area contributed by atoms with Crippen LogP contribution in [0.1, 0.15) is 57.9 Å². The average Bonchev–Trinajstić information content (AvgIpc) is 3.24. The largest absolute Gasteiger partial charge is 0.493 e. The number of halogens is 2. The molecule has 7 heteroatoms. The van der Waals surface area contributed by atoms with Gasteiger partial charge < -0.3 is 19.5 Å². The van der Waals surface area contributed by atoms with Crippen molar-refractivity contribution in [2.75, 3.05) is 32.8 Å². The summed E-state index contributed by atoms with van der Waals surface area (Å²) in [6, 6.07) is 9.43. The zero-order valence-corrected chi connectivity index (χ0v) is 20.3. The van der Waals surface area contributed by atoms with E-state index in [1.807, 2.05) is 6.20 Å². The molecule has 5 nitrogen and oxygen atoms in total. The van der Waals surface area contributed by atoms with Gasteiger partial charge in [0.1, 0.15) is 11.6 Å². The van der Waals surface area contributed by atoms with Gasteiger partial charge in [-0.15, -0.1) is 24.8 Å². The van der Waals surface area contributed by atoms with Gasteiger partial charge in [-0.1, -0.05) is 18.6 Å². The lowest BCUT2D eigenvalue weighted by atomic mass is 10.00. The molecule has 1 aromatic carbocycles. The molecule has 0 spiro atoms. The average molecular weight is 470 g/mol. The highest BCUT2D eigenvalue weighted by Crippen LogP contribution is 2.33. The molecule has 2 fully saturated rings.